The second-order valence-corrected chi connectivity index (χ2v) is 3.32. The lowest BCUT2D eigenvalue weighted by atomic mass is 10.4. The van der Waals surface area contributed by atoms with E-state index >= 15 is 0 Å². The quantitative estimate of drug-likeness (QED) is 0.643. The second kappa shape index (κ2) is 4.47. The molecule has 0 N–H and O–H groups in total. The molecule has 0 aliphatic carbocycles. The normalized spacial score (nSPS) is 9.00. The summed E-state index contributed by atoms with van der Waals surface area (Å²) in [6, 6.07) is 4.21. The molecule has 2 heteroatoms. The molecule has 0 radical (unpaired) electrons. The maximum atomic E-state index is 4.95. The highest BCUT2D eigenvalue weighted by molar-refractivity contribution is 7.11. The zero-order chi connectivity index (χ0) is 6.69. The van der Waals surface area contributed by atoms with E-state index in [4.69, 9.17) is 4.74 Å². The summed E-state index contributed by atoms with van der Waals surface area (Å²) in [5.74, 6) is 0. The van der Waals surface area contributed by atoms with Crippen molar-refractivity contribution >= 4 is 11.3 Å². The first-order chi connectivity index (χ1) is 4.33. The zero-order valence-corrected chi connectivity index (χ0v) is 6.49. The summed E-state index contributed by atoms with van der Waals surface area (Å²) in [5, 5.41) is 0. The predicted molar refractivity (Wildman–Crippen MR) is 46.5 cm³/mol. The first kappa shape index (κ1) is 9.66. The fourth-order valence-corrected chi connectivity index (χ4v) is 1.57. The Hall–Kier alpha value is -0.340. The van der Waals surface area contributed by atoms with Crippen LogP contribution in [0.25, 0.3) is 0 Å². The molecule has 0 spiro atoms. The highest BCUT2D eigenvalue weighted by Gasteiger charge is 1.92. The van der Waals surface area contributed by atoms with Crippen LogP contribution in [0.15, 0.2) is 12.1 Å². The third kappa shape index (κ3) is 2.50. The van der Waals surface area contributed by atoms with Crippen LogP contribution in [0, 0.1) is 6.92 Å². The molecule has 0 saturated carbocycles. The molecule has 0 amide bonds. The number of hydrogen-bond acceptors (Lipinski definition) is 2. The van der Waals surface area contributed by atoms with Crippen LogP contribution in [0.2, 0.25) is 0 Å². The highest BCUT2D eigenvalue weighted by atomic mass is 32.1. The molecule has 0 aromatic carbocycles. The van der Waals surface area contributed by atoms with E-state index in [2.05, 4.69) is 19.1 Å². The molecule has 0 atom stereocenters. The Morgan fingerprint density at radius 3 is 2.60 bits per heavy atom. The van der Waals surface area contributed by atoms with Gasteiger partial charge in [-0.2, -0.15) is 0 Å². The zero-order valence-electron chi connectivity index (χ0n) is 5.68. The van der Waals surface area contributed by atoms with Crippen molar-refractivity contribution in [2.75, 3.05) is 7.11 Å². The van der Waals surface area contributed by atoms with Crippen LogP contribution in [0.5, 0.6) is 0 Å². The number of ether oxygens (including phenoxy) is 1. The van der Waals surface area contributed by atoms with Gasteiger partial charge in [-0.15, -0.1) is 11.3 Å². The highest BCUT2D eigenvalue weighted by Crippen LogP contribution is 2.14. The topological polar surface area (TPSA) is 9.23 Å². The molecule has 0 aliphatic rings. The van der Waals surface area contributed by atoms with Crippen molar-refractivity contribution in [1.29, 1.82) is 0 Å². The van der Waals surface area contributed by atoms with Crippen LogP contribution in [0.4, 0.5) is 0 Å². The summed E-state index contributed by atoms with van der Waals surface area (Å²) in [7, 11) is 1.72. The van der Waals surface area contributed by atoms with Gasteiger partial charge in [0, 0.05) is 16.9 Å². The Bertz CT molecular complexity index is 181. The van der Waals surface area contributed by atoms with E-state index in [9.17, 15) is 0 Å². The van der Waals surface area contributed by atoms with Gasteiger partial charge in [0.25, 0.3) is 0 Å². The molecule has 1 nitrogen and oxygen atoms in total. The van der Waals surface area contributed by atoms with Gasteiger partial charge in [-0.05, 0) is 19.1 Å². The van der Waals surface area contributed by atoms with Crippen molar-refractivity contribution in [2.45, 2.75) is 21.0 Å². The van der Waals surface area contributed by atoms with Crippen molar-refractivity contribution in [3.8, 4) is 0 Å². The Morgan fingerprint density at radius 2 is 2.20 bits per heavy atom. The smallest absolute Gasteiger partial charge is 0.0805 e. The summed E-state index contributed by atoms with van der Waals surface area (Å²) in [5.41, 5.74) is 0. The van der Waals surface area contributed by atoms with E-state index in [0.29, 0.717) is 0 Å². The SMILES string of the molecule is C.COCc1ccc(C)s1. The molecule has 0 saturated heterocycles. The third-order valence-electron chi connectivity index (χ3n) is 1.08. The number of rotatable bonds is 2. The number of aryl methyl sites for hydroxylation is 1. The van der Waals surface area contributed by atoms with Crippen LogP contribution in [0.1, 0.15) is 17.2 Å². The van der Waals surface area contributed by atoms with E-state index in [1.807, 2.05) is 0 Å². The van der Waals surface area contributed by atoms with Gasteiger partial charge in [-0.1, -0.05) is 7.43 Å². The average Bonchev–Trinajstić information content (AvgIpc) is 2.17. The molecule has 0 bridgehead atoms. The van der Waals surface area contributed by atoms with E-state index in [1.165, 1.54) is 9.75 Å². The van der Waals surface area contributed by atoms with E-state index in [1.54, 1.807) is 18.4 Å². The van der Waals surface area contributed by atoms with Gasteiger partial charge in [0.2, 0.25) is 0 Å². The Balaban J connectivity index is 0.000000810. The molecule has 0 fully saturated rings. The standard InChI is InChI=1S/C7H10OS.CH4/c1-6-3-4-7(9-6)5-8-2;/h3-4H,5H2,1-2H3;1H4. The third-order valence-corrected chi connectivity index (χ3v) is 2.06. The van der Waals surface area contributed by atoms with Crippen LogP contribution >= 0.6 is 11.3 Å². The summed E-state index contributed by atoms with van der Waals surface area (Å²) >= 11 is 1.79. The summed E-state index contributed by atoms with van der Waals surface area (Å²) < 4.78 is 4.95. The lowest BCUT2D eigenvalue weighted by Crippen LogP contribution is -1.79. The van der Waals surface area contributed by atoms with Crippen molar-refractivity contribution in [2.24, 2.45) is 0 Å². The summed E-state index contributed by atoms with van der Waals surface area (Å²) in [6.45, 7) is 2.85. The Labute approximate surface area is 66.7 Å². The first-order valence-electron chi connectivity index (χ1n) is 2.87. The molecule has 1 aromatic rings. The maximum absolute atomic E-state index is 4.95. The minimum absolute atomic E-state index is 0. The minimum Gasteiger partial charge on any atom is -0.379 e. The lowest BCUT2D eigenvalue weighted by Gasteiger charge is -1.89. The van der Waals surface area contributed by atoms with Gasteiger partial charge >= 0.3 is 0 Å². The second-order valence-electron chi connectivity index (χ2n) is 1.95. The van der Waals surface area contributed by atoms with E-state index in [-0.39, 0.29) is 7.43 Å². The molecular weight excluding hydrogens is 144 g/mol. The summed E-state index contributed by atoms with van der Waals surface area (Å²) in [4.78, 5) is 2.65. The van der Waals surface area contributed by atoms with Gasteiger partial charge in [-0.25, -0.2) is 0 Å². The van der Waals surface area contributed by atoms with Crippen molar-refractivity contribution in [3.63, 3.8) is 0 Å². The number of methoxy groups -OCH3 is 1. The predicted octanol–water partition coefficient (Wildman–Crippen LogP) is 2.84. The molecule has 1 heterocycles. The monoisotopic (exact) mass is 158 g/mol. The fraction of sp³-hybridized carbons (Fsp3) is 0.500. The van der Waals surface area contributed by atoms with Crippen LogP contribution in [-0.4, -0.2) is 7.11 Å². The van der Waals surface area contributed by atoms with Gasteiger partial charge < -0.3 is 4.74 Å². The van der Waals surface area contributed by atoms with Crippen LogP contribution in [-0.2, 0) is 11.3 Å². The largest absolute Gasteiger partial charge is 0.379 e. The Kier molecular flexibility index (Phi) is 4.32. The average molecular weight is 158 g/mol. The van der Waals surface area contributed by atoms with Crippen LogP contribution < -0.4 is 0 Å². The van der Waals surface area contributed by atoms with Gasteiger partial charge in [0.15, 0.2) is 0 Å². The van der Waals surface area contributed by atoms with Gasteiger partial charge in [0.1, 0.15) is 0 Å². The van der Waals surface area contributed by atoms with Gasteiger partial charge in [0.05, 0.1) is 6.61 Å². The van der Waals surface area contributed by atoms with Crippen LogP contribution in [0.3, 0.4) is 0 Å². The van der Waals surface area contributed by atoms with E-state index < -0.39 is 0 Å². The van der Waals surface area contributed by atoms with Crippen molar-refractivity contribution in [3.05, 3.63) is 21.9 Å². The van der Waals surface area contributed by atoms with E-state index in [0.717, 1.165) is 6.61 Å². The molecule has 0 unspecified atom stereocenters. The molecule has 1 rings (SSSR count). The lowest BCUT2D eigenvalue weighted by molar-refractivity contribution is 0.187. The molecule has 58 valence electrons. The number of hydrogen-bond donors (Lipinski definition) is 0. The number of thiophene rings is 1. The fourth-order valence-electron chi connectivity index (χ4n) is 0.705. The Morgan fingerprint density at radius 1 is 1.50 bits per heavy atom. The molecule has 0 aliphatic heterocycles. The summed E-state index contributed by atoms with van der Waals surface area (Å²) in [6.07, 6.45) is 0. The molecule has 10 heavy (non-hydrogen) atoms. The molecular formula is C8H14OS. The first-order valence-corrected chi connectivity index (χ1v) is 3.69. The maximum Gasteiger partial charge on any atom is 0.0805 e. The van der Waals surface area contributed by atoms with Crippen molar-refractivity contribution < 1.29 is 4.74 Å². The van der Waals surface area contributed by atoms with Crippen molar-refractivity contribution in [1.82, 2.24) is 0 Å². The molecule has 1 aromatic heterocycles. The minimum atomic E-state index is 0. The van der Waals surface area contributed by atoms with Gasteiger partial charge in [-0.3, -0.25) is 0 Å².